The Hall–Kier alpha value is -4.67. The van der Waals surface area contributed by atoms with Crippen molar-refractivity contribution in [3.63, 3.8) is 0 Å². The number of rotatable bonds is 8. The molecule has 0 atom stereocenters. The fraction of sp³-hybridized carbons (Fsp3) is 0.152. The molecule has 6 rings (SSSR count). The first-order valence-corrected chi connectivity index (χ1v) is 15.1. The molecule has 1 amide bonds. The number of thiocarbonyl (C=S) groups is 1. The Morgan fingerprint density at radius 3 is 2.23 bits per heavy atom. The Balaban J connectivity index is 1.40. The summed E-state index contributed by atoms with van der Waals surface area (Å²) < 4.78 is 11.1. The minimum absolute atomic E-state index is 0.250. The van der Waals surface area contributed by atoms with E-state index >= 15 is 0 Å². The number of hydrogen-bond acceptors (Lipinski definition) is 6. The van der Waals surface area contributed by atoms with Gasteiger partial charge in [0.2, 0.25) is 0 Å². The maximum absolute atomic E-state index is 13.9. The third-order valence-electron chi connectivity index (χ3n) is 7.19. The molecule has 0 N–H and O–H groups in total. The van der Waals surface area contributed by atoms with Gasteiger partial charge in [-0.2, -0.15) is 5.10 Å². The lowest BCUT2D eigenvalue weighted by Gasteiger charge is -2.12. The number of anilines is 1. The van der Waals surface area contributed by atoms with Crippen molar-refractivity contribution in [2.75, 3.05) is 11.5 Å². The number of para-hydroxylation sites is 2. The monoisotopic (exact) mass is 607 g/mol. The van der Waals surface area contributed by atoms with E-state index in [4.69, 9.17) is 22.1 Å². The first kappa shape index (κ1) is 28.4. The van der Waals surface area contributed by atoms with E-state index in [1.807, 2.05) is 98.0 Å². The summed E-state index contributed by atoms with van der Waals surface area (Å²) in [5, 5.41) is 4.89. The van der Waals surface area contributed by atoms with Crippen LogP contribution in [0.2, 0.25) is 0 Å². The van der Waals surface area contributed by atoms with Crippen molar-refractivity contribution in [3.8, 4) is 28.4 Å². The first-order chi connectivity index (χ1) is 20.9. The summed E-state index contributed by atoms with van der Waals surface area (Å²) in [6.07, 6.45) is 4.62. The molecule has 3 aromatic carbocycles. The first-order valence-electron chi connectivity index (χ1n) is 13.9. The number of hydrogen-bond donors (Lipinski definition) is 0. The molecule has 10 heteroatoms. The van der Waals surface area contributed by atoms with Crippen molar-refractivity contribution in [1.29, 1.82) is 0 Å². The van der Waals surface area contributed by atoms with E-state index in [0.29, 0.717) is 32.9 Å². The summed E-state index contributed by atoms with van der Waals surface area (Å²) in [5.41, 5.74) is 4.50. The Bertz CT molecular complexity index is 1910. The lowest BCUT2D eigenvalue weighted by atomic mass is 10.1. The number of benzene rings is 3. The van der Waals surface area contributed by atoms with Crippen molar-refractivity contribution >= 4 is 46.0 Å². The van der Waals surface area contributed by atoms with Crippen LogP contribution in [0.15, 0.2) is 101 Å². The highest BCUT2D eigenvalue weighted by molar-refractivity contribution is 8.27. The predicted molar refractivity (Wildman–Crippen MR) is 176 cm³/mol. The fourth-order valence-corrected chi connectivity index (χ4v) is 6.23. The molecule has 3 heterocycles. The molecule has 0 aliphatic carbocycles. The van der Waals surface area contributed by atoms with E-state index in [-0.39, 0.29) is 17.2 Å². The van der Waals surface area contributed by atoms with E-state index in [9.17, 15) is 9.59 Å². The normalized spacial score (nSPS) is 14.2. The Morgan fingerprint density at radius 1 is 0.930 bits per heavy atom. The van der Waals surface area contributed by atoms with E-state index in [0.717, 1.165) is 29.0 Å². The SMILES string of the molecule is CCCOc1ccc(-c2nn(-c3ccccc3)cc2C=C2SC(=S)N(c3c(C)n(C)n(-c4ccccc4)c3=O)C2=O)cc1. The number of ether oxygens (including phenoxy) is 1. The van der Waals surface area contributed by atoms with Gasteiger partial charge in [-0.1, -0.05) is 67.3 Å². The summed E-state index contributed by atoms with van der Waals surface area (Å²) in [6.45, 7) is 4.53. The highest BCUT2D eigenvalue weighted by Gasteiger charge is 2.38. The Morgan fingerprint density at radius 2 is 1.58 bits per heavy atom. The summed E-state index contributed by atoms with van der Waals surface area (Å²) in [7, 11) is 1.80. The van der Waals surface area contributed by atoms with Gasteiger partial charge in [0.15, 0.2) is 4.32 Å². The van der Waals surface area contributed by atoms with Gasteiger partial charge in [0.1, 0.15) is 11.4 Å². The van der Waals surface area contributed by atoms with Gasteiger partial charge in [0, 0.05) is 24.4 Å². The van der Waals surface area contributed by atoms with Crippen LogP contribution in [-0.4, -0.2) is 36.0 Å². The van der Waals surface area contributed by atoms with Gasteiger partial charge < -0.3 is 4.74 Å². The zero-order valence-corrected chi connectivity index (χ0v) is 25.6. The number of aromatic nitrogens is 4. The molecular formula is C33H29N5O3S2. The molecule has 216 valence electrons. The summed E-state index contributed by atoms with van der Waals surface area (Å²) >= 11 is 6.85. The lowest BCUT2D eigenvalue weighted by Crippen LogP contribution is -2.33. The number of nitrogens with zero attached hydrogens (tertiary/aromatic N) is 5. The van der Waals surface area contributed by atoms with Crippen molar-refractivity contribution in [1.82, 2.24) is 19.1 Å². The molecule has 1 fully saturated rings. The third kappa shape index (κ3) is 5.35. The standard InChI is InChI=1S/C33H29N5O3S2/c1-4-19-41-27-17-15-23(16-18-27)29-24(21-36(34-29)25-11-7-5-8-12-25)20-28-31(39)37(33(42)43-28)30-22(2)35(3)38(32(30)40)26-13-9-6-10-14-26/h5-18,20-21H,4,19H2,1-3H3. The predicted octanol–water partition coefficient (Wildman–Crippen LogP) is 6.53. The smallest absolute Gasteiger partial charge is 0.296 e. The summed E-state index contributed by atoms with van der Waals surface area (Å²) in [5.74, 6) is 0.442. The van der Waals surface area contributed by atoms with Crippen LogP contribution in [-0.2, 0) is 11.8 Å². The van der Waals surface area contributed by atoms with Crippen LogP contribution in [0, 0.1) is 6.92 Å². The van der Waals surface area contributed by atoms with Crippen LogP contribution in [0.3, 0.4) is 0 Å². The number of carbonyl (C=O) groups excluding carboxylic acids is 1. The van der Waals surface area contributed by atoms with Gasteiger partial charge >= 0.3 is 0 Å². The topological polar surface area (TPSA) is 74.3 Å². The van der Waals surface area contributed by atoms with E-state index in [1.165, 1.54) is 16.7 Å². The average Bonchev–Trinajstić information content (AvgIpc) is 3.64. The number of thioether (sulfide) groups is 1. The molecule has 5 aromatic rings. The average molecular weight is 608 g/mol. The number of amides is 1. The van der Waals surface area contributed by atoms with Crippen LogP contribution in [0.25, 0.3) is 28.7 Å². The quantitative estimate of drug-likeness (QED) is 0.148. The minimum atomic E-state index is -0.345. The van der Waals surface area contributed by atoms with Crippen LogP contribution in [0.4, 0.5) is 5.69 Å². The second-order valence-corrected chi connectivity index (χ2v) is 11.7. The number of carbonyl (C=O) groups is 1. The molecule has 8 nitrogen and oxygen atoms in total. The van der Waals surface area contributed by atoms with E-state index in [2.05, 4.69) is 6.92 Å². The maximum atomic E-state index is 13.9. The maximum Gasteiger partial charge on any atom is 0.296 e. The van der Waals surface area contributed by atoms with Crippen LogP contribution < -0.4 is 15.2 Å². The Labute approximate surface area is 258 Å². The molecule has 1 aliphatic heterocycles. The highest BCUT2D eigenvalue weighted by Crippen LogP contribution is 2.38. The van der Waals surface area contributed by atoms with Gasteiger partial charge in [-0.3, -0.25) is 19.2 Å². The summed E-state index contributed by atoms with van der Waals surface area (Å²) in [6, 6.07) is 26.9. The van der Waals surface area contributed by atoms with Gasteiger partial charge in [-0.05, 0) is 68.0 Å². The van der Waals surface area contributed by atoms with Gasteiger partial charge in [0.25, 0.3) is 11.5 Å². The molecule has 0 saturated carbocycles. The van der Waals surface area contributed by atoms with Crippen molar-refractivity contribution in [3.05, 3.63) is 118 Å². The molecule has 1 saturated heterocycles. The molecular weight excluding hydrogens is 579 g/mol. The van der Waals surface area contributed by atoms with E-state index < -0.39 is 0 Å². The van der Waals surface area contributed by atoms with Crippen molar-refractivity contribution < 1.29 is 9.53 Å². The largest absolute Gasteiger partial charge is 0.494 e. The highest BCUT2D eigenvalue weighted by atomic mass is 32.2. The second-order valence-electron chi connectivity index (χ2n) is 10.0. The van der Waals surface area contributed by atoms with Crippen molar-refractivity contribution in [2.24, 2.45) is 7.05 Å². The van der Waals surface area contributed by atoms with Gasteiger partial charge in [-0.25, -0.2) is 9.36 Å². The van der Waals surface area contributed by atoms with Crippen LogP contribution in [0.1, 0.15) is 24.6 Å². The summed E-state index contributed by atoms with van der Waals surface area (Å²) in [4.78, 5) is 29.3. The molecule has 2 aromatic heterocycles. The van der Waals surface area contributed by atoms with E-state index in [1.54, 1.807) is 27.2 Å². The molecule has 0 spiro atoms. The molecule has 0 bridgehead atoms. The van der Waals surface area contributed by atoms with Gasteiger partial charge in [-0.15, -0.1) is 0 Å². The Kier molecular flexibility index (Phi) is 7.88. The lowest BCUT2D eigenvalue weighted by molar-refractivity contribution is -0.113. The van der Waals surface area contributed by atoms with Crippen LogP contribution >= 0.6 is 24.0 Å². The third-order valence-corrected chi connectivity index (χ3v) is 8.49. The second kappa shape index (κ2) is 11.9. The zero-order valence-electron chi connectivity index (χ0n) is 23.9. The molecule has 0 radical (unpaired) electrons. The minimum Gasteiger partial charge on any atom is -0.494 e. The molecule has 0 unspecified atom stereocenters. The van der Waals surface area contributed by atoms with Crippen molar-refractivity contribution in [2.45, 2.75) is 20.3 Å². The zero-order chi connectivity index (χ0) is 30.1. The van der Waals surface area contributed by atoms with Gasteiger partial charge in [0.05, 0.1) is 34.3 Å². The molecule has 43 heavy (non-hydrogen) atoms. The molecule has 1 aliphatic rings. The fourth-order valence-electron chi connectivity index (χ4n) is 4.97. The van der Waals surface area contributed by atoms with Crippen LogP contribution in [0.5, 0.6) is 5.75 Å².